The zero-order valence-corrected chi connectivity index (χ0v) is 17.8. The van der Waals surface area contributed by atoms with E-state index in [1.165, 1.54) is 35.4 Å². The SMILES string of the molecule is CS(=O)(=O)N1CCN(c2cc(-n3ncc4ccc(C5CC56CC6)cc43)ccn2)CC1. The summed E-state index contributed by atoms with van der Waals surface area (Å²) in [7, 11) is -3.14. The normalized spacial score (nSPS) is 23.2. The van der Waals surface area contributed by atoms with Gasteiger partial charge in [-0.1, -0.05) is 12.1 Å². The van der Waals surface area contributed by atoms with Crippen molar-refractivity contribution in [2.45, 2.75) is 25.2 Å². The topological polar surface area (TPSA) is 71.3 Å². The summed E-state index contributed by atoms with van der Waals surface area (Å²) in [6.07, 6.45) is 9.11. The Morgan fingerprint density at radius 2 is 1.87 bits per heavy atom. The number of piperazine rings is 1. The average Bonchev–Trinajstić information content (AvgIpc) is 3.64. The minimum Gasteiger partial charge on any atom is -0.354 e. The second-order valence-corrected chi connectivity index (χ2v) is 11.0. The fourth-order valence-electron chi connectivity index (χ4n) is 4.95. The van der Waals surface area contributed by atoms with Gasteiger partial charge in [-0.15, -0.1) is 0 Å². The summed E-state index contributed by atoms with van der Waals surface area (Å²) in [6, 6.07) is 10.8. The van der Waals surface area contributed by atoms with Gasteiger partial charge >= 0.3 is 0 Å². The molecule has 2 saturated carbocycles. The van der Waals surface area contributed by atoms with Crippen LogP contribution in [0.5, 0.6) is 0 Å². The number of hydrogen-bond donors (Lipinski definition) is 0. The number of sulfonamides is 1. The van der Waals surface area contributed by atoms with Crippen LogP contribution in [0.15, 0.2) is 42.7 Å². The third-order valence-corrected chi connectivity index (χ3v) is 8.39. The molecule has 30 heavy (non-hydrogen) atoms. The first-order chi connectivity index (χ1) is 14.4. The van der Waals surface area contributed by atoms with Crippen molar-refractivity contribution in [2.75, 3.05) is 37.3 Å². The molecule has 156 valence electrons. The number of fused-ring (bicyclic) bond motifs is 1. The smallest absolute Gasteiger partial charge is 0.211 e. The Morgan fingerprint density at radius 3 is 2.57 bits per heavy atom. The van der Waals surface area contributed by atoms with Crippen LogP contribution in [0.25, 0.3) is 16.6 Å². The molecule has 3 aliphatic rings. The highest BCUT2D eigenvalue weighted by molar-refractivity contribution is 7.88. The number of aromatic nitrogens is 3. The Kier molecular flexibility index (Phi) is 3.83. The standard InChI is InChI=1S/C22H25N5O2S/c1-30(28,29)26-10-8-25(9-11-26)21-13-18(4-7-23-21)27-20-12-16(2-3-17(20)15-24-27)19-14-22(19)5-6-22/h2-4,7,12-13,15,19H,5-6,8-11,14H2,1H3. The van der Waals surface area contributed by atoms with Gasteiger partial charge in [0.25, 0.3) is 0 Å². The lowest BCUT2D eigenvalue weighted by molar-refractivity contribution is 0.387. The lowest BCUT2D eigenvalue weighted by Gasteiger charge is -2.34. The average molecular weight is 424 g/mol. The van der Waals surface area contributed by atoms with Crippen molar-refractivity contribution in [2.24, 2.45) is 5.41 Å². The van der Waals surface area contributed by atoms with Crippen LogP contribution in [0.3, 0.4) is 0 Å². The molecule has 2 aromatic heterocycles. The summed E-state index contributed by atoms with van der Waals surface area (Å²) < 4.78 is 27.1. The lowest BCUT2D eigenvalue weighted by atomic mass is 10.1. The quantitative estimate of drug-likeness (QED) is 0.645. The van der Waals surface area contributed by atoms with Gasteiger partial charge in [-0.2, -0.15) is 9.40 Å². The zero-order chi connectivity index (χ0) is 20.5. The van der Waals surface area contributed by atoms with E-state index in [9.17, 15) is 8.42 Å². The van der Waals surface area contributed by atoms with Gasteiger partial charge in [-0.25, -0.2) is 18.1 Å². The molecule has 1 aliphatic heterocycles. The number of nitrogens with zero attached hydrogens (tertiary/aromatic N) is 5. The Bertz CT molecular complexity index is 1240. The van der Waals surface area contributed by atoms with E-state index < -0.39 is 10.0 Å². The minimum atomic E-state index is -3.14. The van der Waals surface area contributed by atoms with Crippen LogP contribution in [-0.4, -0.2) is 59.9 Å². The Labute approximate surface area is 176 Å². The molecule has 1 unspecified atom stereocenters. The molecule has 0 N–H and O–H groups in total. The van der Waals surface area contributed by atoms with Gasteiger partial charge in [0.05, 0.1) is 23.7 Å². The fraction of sp³-hybridized carbons (Fsp3) is 0.455. The van der Waals surface area contributed by atoms with E-state index in [0.717, 1.165) is 28.3 Å². The van der Waals surface area contributed by atoms with Crippen molar-refractivity contribution in [3.05, 3.63) is 48.3 Å². The summed E-state index contributed by atoms with van der Waals surface area (Å²) in [5, 5.41) is 5.79. The van der Waals surface area contributed by atoms with E-state index in [0.29, 0.717) is 31.6 Å². The monoisotopic (exact) mass is 423 g/mol. The molecule has 0 radical (unpaired) electrons. The molecule has 1 atom stereocenters. The third kappa shape index (κ3) is 3.01. The van der Waals surface area contributed by atoms with E-state index in [1.54, 1.807) is 0 Å². The van der Waals surface area contributed by atoms with Crippen LogP contribution in [0.2, 0.25) is 0 Å². The van der Waals surface area contributed by atoms with Gasteiger partial charge in [-0.3, -0.25) is 0 Å². The van der Waals surface area contributed by atoms with Gasteiger partial charge in [-0.05, 0) is 48.3 Å². The number of pyridine rings is 1. The van der Waals surface area contributed by atoms with E-state index >= 15 is 0 Å². The highest BCUT2D eigenvalue weighted by atomic mass is 32.2. The lowest BCUT2D eigenvalue weighted by Crippen LogP contribution is -2.48. The fourth-order valence-corrected chi connectivity index (χ4v) is 5.78. The summed E-state index contributed by atoms with van der Waals surface area (Å²) in [4.78, 5) is 6.68. The van der Waals surface area contributed by atoms with Gasteiger partial charge < -0.3 is 4.90 Å². The van der Waals surface area contributed by atoms with Crippen LogP contribution in [-0.2, 0) is 10.0 Å². The molecule has 3 fully saturated rings. The molecule has 0 amide bonds. The molecule has 1 aromatic carbocycles. The first-order valence-corrected chi connectivity index (χ1v) is 12.4. The van der Waals surface area contributed by atoms with Crippen LogP contribution < -0.4 is 4.90 Å². The van der Waals surface area contributed by atoms with E-state index in [1.807, 2.05) is 23.1 Å². The molecule has 3 aromatic rings. The van der Waals surface area contributed by atoms with Gasteiger partial charge in [0.2, 0.25) is 10.0 Å². The summed E-state index contributed by atoms with van der Waals surface area (Å²) in [5.74, 6) is 1.59. The van der Waals surface area contributed by atoms with E-state index in [4.69, 9.17) is 0 Å². The number of anilines is 1. The van der Waals surface area contributed by atoms with Crippen LogP contribution in [0, 0.1) is 5.41 Å². The maximum atomic E-state index is 11.8. The molecule has 2 aliphatic carbocycles. The van der Waals surface area contributed by atoms with Crippen molar-refractivity contribution in [3.63, 3.8) is 0 Å². The molecule has 1 saturated heterocycles. The largest absolute Gasteiger partial charge is 0.354 e. The molecule has 3 heterocycles. The Morgan fingerprint density at radius 1 is 1.07 bits per heavy atom. The van der Waals surface area contributed by atoms with Gasteiger partial charge in [0.1, 0.15) is 5.82 Å². The van der Waals surface area contributed by atoms with E-state index in [-0.39, 0.29) is 0 Å². The number of benzene rings is 1. The zero-order valence-electron chi connectivity index (χ0n) is 17.0. The number of hydrogen-bond acceptors (Lipinski definition) is 5. The van der Waals surface area contributed by atoms with Crippen molar-refractivity contribution in [1.29, 1.82) is 0 Å². The highest BCUT2D eigenvalue weighted by Gasteiger charge is 2.62. The third-order valence-electron chi connectivity index (χ3n) is 7.08. The van der Waals surface area contributed by atoms with Crippen molar-refractivity contribution >= 4 is 26.7 Å². The maximum absolute atomic E-state index is 11.8. The van der Waals surface area contributed by atoms with Crippen LogP contribution in [0.1, 0.15) is 30.7 Å². The van der Waals surface area contributed by atoms with E-state index in [2.05, 4.69) is 39.2 Å². The molecule has 8 heteroatoms. The minimum absolute atomic E-state index is 0.488. The molecular weight excluding hydrogens is 398 g/mol. The predicted molar refractivity (Wildman–Crippen MR) is 117 cm³/mol. The van der Waals surface area contributed by atoms with Crippen molar-refractivity contribution in [1.82, 2.24) is 19.1 Å². The van der Waals surface area contributed by atoms with Gasteiger partial charge in [0.15, 0.2) is 0 Å². The Hall–Kier alpha value is -2.45. The molecule has 1 spiro atoms. The van der Waals surface area contributed by atoms with Crippen molar-refractivity contribution < 1.29 is 8.42 Å². The van der Waals surface area contributed by atoms with Gasteiger partial charge in [0, 0.05) is 43.8 Å². The number of rotatable bonds is 4. The Balaban J connectivity index is 1.29. The molecule has 6 rings (SSSR count). The first-order valence-electron chi connectivity index (χ1n) is 10.6. The van der Waals surface area contributed by atoms with Crippen LogP contribution in [0.4, 0.5) is 5.82 Å². The maximum Gasteiger partial charge on any atom is 0.211 e. The first kappa shape index (κ1) is 18.3. The summed E-state index contributed by atoms with van der Waals surface area (Å²) >= 11 is 0. The summed E-state index contributed by atoms with van der Waals surface area (Å²) in [6.45, 7) is 2.25. The molecular formula is C22H25N5O2S. The predicted octanol–water partition coefficient (Wildman–Crippen LogP) is 2.77. The molecule has 0 bridgehead atoms. The highest BCUT2D eigenvalue weighted by Crippen LogP contribution is 2.75. The second kappa shape index (κ2) is 6.28. The second-order valence-electron chi connectivity index (χ2n) is 9.02. The summed E-state index contributed by atoms with van der Waals surface area (Å²) in [5.41, 5.74) is 4.19. The van der Waals surface area contributed by atoms with Crippen molar-refractivity contribution in [3.8, 4) is 5.69 Å². The van der Waals surface area contributed by atoms with Crippen LogP contribution >= 0.6 is 0 Å². The molecule has 7 nitrogen and oxygen atoms in total.